The van der Waals surface area contributed by atoms with Crippen LogP contribution in [0.3, 0.4) is 0 Å². The van der Waals surface area contributed by atoms with E-state index in [1.807, 2.05) is 51.1 Å². The Balaban J connectivity index is 1.55. The molecule has 41 heavy (non-hydrogen) atoms. The van der Waals surface area contributed by atoms with Gasteiger partial charge in [0.25, 0.3) is 11.5 Å². The van der Waals surface area contributed by atoms with E-state index in [0.29, 0.717) is 49.0 Å². The maximum Gasteiger partial charge on any atom is 0.255 e. The van der Waals surface area contributed by atoms with Crippen LogP contribution in [0.5, 0.6) is 0 Å². The minimum Gasteiger partial charge on any atom is -0.388 e. The van der Waals surface area contributed by atoms with Gasteiger partial charge in [-0.1, -0.05) is 55.5 Å². The number of rotatable bonds is 8. The zero-order chi connectivity index (χ0) is 29.7. The van der Waals surface area contributed by atoms with Gasteiger partial charge >= 0.3 is 0 Å². The summed E-state index contributed by atoms with van der Waals surface area (Å²) in [6.45, 7) is 6.61. The van der Waals surface area contributed by atoms with Crippen LogP contribution in [0.4, 0.5) is 0 Å². The molecule has 0 radical (unpaired) electrons. The van der Waals surface area contributed by atoms with E-state index in [-0.39, 0.29) is 41.4 Å². The Bertz CT molecular complexity index is 1500. The van der Waals surface area contributed by atoms with E-state index in [9.17, 15) is 24.8 Å². The fourth-order valence-electron chi connectivity index (χ4n) is 5.27. The Kier molecular flexibility index (Phi) is 9.09. The lowest BCUT2D eigenvalue weighted by atomic mass is 9.90. The summed E-state index contributed by atoms with van der Waals surface area (Å²) < 4.78 is 1.38. The van der Waals surface area contributed by atoms with Crippen LogP contribution in [-0.4, -0.2) is 63.1 Å². The Hall–Kier alpha value is -4.22. The van der Waals surface area contributed by atoms with Crippen molar-refractivity contribution in [2.75, 3.05) is 20.1 Å². The molecule has 2 heterocycles. The quantitative estimate of drug-likeness (QED) is 0.444. The van der Waals surface area contributed by atoms with Crippen LogP contribution in [0.15, 0.2) is 71.7 Å². The van der Waals surface area contributed by atoms with Crippen LogP contribution in [0.1, 0.15) is 67.4 Å². The number of likely N-dealkylation sites (tertiary alicyclic amines) is 1. The second kappa shape index (κ2) is 12.5. The Morgan fingerprint density at radius 3 is 2.29 bits per heavy atom. The lowest BCUT2D eigenvalue weighted by Gasteiger charge is -2.39. The molecule has 3 aromatic rings. The third kappa shape index (κ3) is 6.75. The van der Waals surface area contributed by atoms with E-state index in [1.165, 1.54) is 16.8 Å². The standard InChI is InChI=1S/C33H38N4O4/c1-23(2)35(4)32(40)29-21-37(31(39)19-28(29)27-13-9-8-12-26(27)20-34)22-33(41)14-16-36(17-15-33)30(38)18-24(3)25-10-6-5-7-11-25/h5-13,19,21,23-24,41H,14-18,22H2,1-4H3/t24-/m1/s1. The maximum atomic E-state index is 13.5. The summed E-state index contributed by atoms with van der Waals surface area (Å²) in [5.74, 6) is -0.144. The van der Waals surface area contributed by atoms with Crippen molar-refractivity contribution in [2.24, 2.45) is 0 Å². The van der Waals surface area contributed by atoms with Gasteiger partial charge in [-0.05, 0) is 44.2 Å². The molecule has 1 N–H and O–H groups in total. The Morgan fingerprint density at radius 1 is 1.02 bits per heavy atom. The molecule has 0 unspecified atom stereocenters. The van der Waals surface area contributed by atoms with E-state index in [2.05, 4.69) is 6.07 Å². The SMILES string of the molecule is CC(C)N(C)C(=O)c1cn(CC2(O)CCN(C(=O)C[C@@H](C)c3ccccc3)CC2)c(=O)cc1-c1ccccc1C#N. The van der Waals surface area contributed by atoms with Crippen molar-refractivity contribution in [3.05, 3.63) is 93.9 Å². The summed E-state index contributed by atoms with van der Waals surface area (Å²) >= 11 is 0. The average Bonchev–Trinajstić information content (AvgIpc) is 2.97. The predicted molar refractivity (Wildman–Crippen MR) is 158 cm³/mol. The highest BCUT2D eigenvalue weighted by Crippen LogP contribution is 2.29. The summed E-state index contributed by atoms with van der Waals surface area (Å²) in [6.07, 6.45) is 2.53. The molecule has 8 heteroatoms. The van der Waals surface area contributed by atoms with Crippen LogP contribution in [0.2, 0.25) is 0 Å². The van der Waals surface area contributed by atoms with Crippen LogP contribution < -0.4 is 5.56 Å². The molecule has 1 atom stereocenters. The van der Waals surface area contributed by atoms with E-state index in [0.717, 1.165) is 5.56 Å². The second-order valence-corrected chi connectivity index (χ2v) is 11.4. The van der Waals surface area contributed by atoms with Crippen molar-refractivity contribution in [3.8, 4) is 17.2 Å². The molecular weight excluding hydrogens is 516 g/mol. The molecule has 0 saturated carbocycles. The molecule has 8 nitrogen and oxygen atoms in total. The Morgan fingerprint density at radius 2 is 1.66 bits per heavy atom. The van der Waals surface area contributed by atoms with E-state index in [4.69, 9.17) is 0 Å². The third-order valence-electron chi connectivity index (χ3n) is 8.15. The first-order chi connectivity index (χ1) is 19.5. The number of carbonyl (C=O) groups is 2. The van der Waals surface area contributed by atoms with Gasteiger partial charge in [-0.25, -0.2) is 0 Å². The van der Waals surface area contributed by atoms with Gasteiger partial charge in [-0.15, -0.1) is 0 Å². The van der Waals surface area contributed by atoms with Crippen LogP contribution >= 0.6 is 0 Å². The van der Waals surface area contributed by atoms with Crippen molar-refractivity contribution in [2.45, 2.75) is 64.1 Å². The molecule has 2 aromatic carbocycles. The number of carbonyl (C=O) groups excluding carboxylic acids is 2. The highest BCUT2D eigenvalue weighted by atomic mass is 16.3. The van der Waals surface area contributed by atoms with Gasteiger partial charge < -0.3 is 19.5 Å². The zero-order valence-electron chi connectivity index (χ0n) is 24.2. The lowest BCUT2D eigenvalue weighted by molar-refractivity contribution is -0.136. The molecule has 1 aliphatic heterocycles. The molecule has 0 bridgehead atoms. The molecule has 0 spiro atoms. The molecule has 1 aromatic heterocycles. The zero-order valence-corrected chi connectivity index (χ0v) is 24.2. The van der Waals surface area contributed by atoms with Crippen molar-refractivity contribution in [3.63, 3.8) is 0 Å². The van der Waals surface area contributed by atoms with Crippen LogP contribution in [0, 0.1) is 11.3 Å². The first-order valence-corrected chi connectivity index (χ1v) is 14.1. The van der Waals surface area contributed by atoms with Crippen molar-refractivity contribution in [1.82, 2.24) is 14.4 Å². The number of piperidine rings is 1. The highest BCUT2D eigenvalue weighted by Gasteiger charge is 2.35. The number of hydrogen-bond donors (Lipinski definition) is 1. The number of nitrogens with zero attached hydrogens (tertiary/aromatic N) is 4. The number of benzene rings is 2. The topological polar surface area (TPSA) is 107 Å². The highest BCUT2D eigenvalue weighted by molar-refractivity contribution is 6.01. The van der Waals surface area contributed by atoms with Gasteiger partial charge in [-0.3, -0.25) is 14.4 Å². The summed E-state index contributed by atoms with van der Waals surface area (Å²) in [6, 6.07) is 20.2. The number of aliphatic hydroxyl groups is 1. The molecule has 1 saturated heterocycles. The second-order valence-electron chi connectivity index (χ2n) is 11.4. The first kappa shape index (κ1) is 29.8. The van der Waals surface area contributed by atoms with Gasteiger partial charge in [0.1, 0.15) is 0 Å². The van der Waals surface area contributed by atoms with Crippen molar-refractivity contribution in [1.29, 1.82) is 5.26 Å². The largest absolute Gasteiger partial charge is 0.388 e. The van der Waals surface area contributed by atoms with Gasteiger partial charge in [0.15, 0.2) is 0 Å². The molecular formula is C33H38N4O4. The summed E-state index contributed by atoms with van der Waals surface area (Å²) in [5, 5.41) is 21.1. The smallest absolute Gasteiger partial charge is 0.255 e. The van der Waals surface area contributed by atoms with Crippen molar-refractivity contribution < 1.29 is 14.7 Å². The minimum absolute atomic E-state index is 0.000131. The number of amides is 2. The lowest BCUT2D eigenvalue weighted by Crippen LogP contribution is -2.49. The van der Waals surface area contributed by atoms with E-state index < -0.39 is 5.60 Å². The number of nitriles is 1. The van der Waals surface area contributed by atoms with Crippen LogP contribution in [0.25, 0.3) is 11.1 Å². The van der Waals surface area contributed by atoms with Gasteiger partial charge in [0.05, 0.1) is 29.3 Å². The van der Waals surface area contributed by atoms with E-state index in [1.54, 1.807) is 41.1 Å². The van der Waals surface area contributed by atoms with Crippen LogP contribution in [-0.2, 0) is 11.3 Å². The fraction of sp³-hybridized carbons (Fsp3) is 0.394. The number of hydrogen-bond acceptors (Lipinski definition) is 5. The number of aromatic nitrogens is 1. The monoisotopic (exact) mass is 554 g/mol. The molecule has 1 aliphatic rings. The van der Waals surface area contributed by atoms with Gasteiger partial charge in [-0.2, -0.15) is 5.26 Å². The first-order valence-electron chi connectivity index (χ1n) is 14.1. The summed E-state index contributed by atoms with van der Waals surface area (Å²) in [5.41, 5.74) is 1.08. The third-order valence-corrected chi connectivity index (χ3v) is 8.15. The molecule has 2 amide bonds. The van der Waals surface area contributed by atoms with Crippen molar-refractivity contribution >= 4 is 11.8 Å². The normalized spacial score (nSPS) is 15.3. The summed E-state index contributed by atoms with van der Waals surface area (Å²) in [7, 11) is 1.70. The predicted octanol–water partition coefficient (Wildman–Crippen LogP) is 4.41. The molecule has 4 rings (SSSR count). The average molecular weight is 555 g/mol. The van der Waals surface area contributed by atoms with E-state index >= 15 is 0 Å². The van der Waals surface area contributed by atoms with Gasteiger partial charge in [0.2, 0.25) is 5.91 Å². The Labute approximate surface area is 241 Å². The maximum absolute atomic E-state index is 13.5. The molecule has 1 fully saturated rings. The van der Waals surface area contributed by atoms with Gasteiger partial charge in [0, 0.05) is 56.0 Å². The molecule has 0 aliphatic carbocycles. The minimum atomic E-state index is -1.21. The summed E-state index contributed by atoms with van der Waals surface area (Å²) in [4.78, 5) is 43.2. The molecule has 214 valence electrons. The fourth-order valence-corrected chi connectivity index (χ4v) is 5.27. The number of pyridine rings is 1.